The molecule has 1 amide bonds. The monoisotopic (exact) mass is 347 g/mol. The van der Waals surface area contributed by atoms with Gasteiger partial charge in [0.2, 0.25) is 5.91 Å². The van der Waals surface area contributed by atoms with Crippen molar-refractivity contribution in [3.05, 3.63) is 69.7 Å². The number of hydrogen-bond acceptors (Lipinski definition) is 2. The molecule has 3 rings (SSSR count). The Bertz CT molecular complexity index is 758. The molecule has 0 unspecified atom stereocenters. The average molecular weight is 348 g/mol. The molecule has 1 aliphatic heterocycles. The summed E-state index contributed by atoms with van der Waals surface area (Å²) in [6.07, 6.45) is 3.96. The Morgan fingerprint density at radius 1 is 1.17 bits per heavy atom. The lowest BCUT2D eigenvalue weighted by molar-refractivity contribution is -0.117. The van der Waals surface area contributed by atoms with E-state index in [1.54, 1.807) is 18.2 Å². The summed E-state index contributed by atoms with van der Waals surface area (Å²) >= 11 is 11.8. The van der Waals surface area contributed by atoms with Crippen molar-refractivity contribution < 1.29 is 9.53 Å². The van der Waals surface area contributed by atoms with Gasteiger partial charge in [-0.05, 0) is 29.8 Å². The predicted molar refractivity (Wildman–Crippen MR) is 92.9 cm³/mol. The molecule has 2 aromatic carbocycles. The molecule has 0 aromatic heterocycles. The highest BCUT2D eigenvalue weighted by molar-refractivity contribution is 6.42. The number of nitrogens with one attached hydrogen (secondary N) is 1. The molecule has 0 saturated heterocycles. The van der Waals surface area contributed by atoms with Gasteiger partial charge in [0.25, 0.3) is 0 Å². The number of hydrogen-bond donors (Lipinski definition) is 1. The summed E-state index contributed by atoms with van der Waals surface area (Å²) in [5, 5.41) is 3.96. The highest BCUT2D eigenvalue weighted by Gasteiger charge is 2.21. The zero-order chi connectivity index (χ0) is 16.2. The summed E-state index contributed by atoms with van der Waals surface area (Å²) in [5.74, 6) is 0.676. The molecule has 1 atom stereocenters. The Morgan fingerprint density at radius 3 is 2.83 bits per heavy atom. The standard InChI is InChI=1S/C18H15Cl2NO2/c19-14-7-5-12(11-15(14)20)6-8-18(22)21-16-9-10-23-17-4-2-1-3-13(16)17/h1-8,11,16H,9-10H2,(H,21,22)/b8-6+/t16-/m0/s1. The molecule has 0 fully saturated rings. The smallest absolute Gasteiger partial charge is 0.244 e. The molecule has 2 aromatic rings. The fraction of sp³-hybridized carbons (Fsp3) is 0.167. The minimum Gasteiger partial charge on any atom is -0.493 e. The van der Waals surface area contributed by atoms with Crippen molar-refractivity contribution in [2.24, 2.45) is 0 Å². The van der Waals surface area contributed by atoms with Crippen molar-refractivity contribution in [3.8, 4) is 5.75 Å². The van der Waals surface area contributed by atoms with Gasteiger partial charge in [-0.15, -0.1) is 0 Å². The first-order valence-corrected chi connectivity index (χ1v) is 8.04. The van der Waals surface area contributed by atoms with E-state index >= 15 is 0 Å². The highest BCUT2D eigenvalue weighted by Crippen LogP contribution is 2.31. The van der Waals surface area contributed by atoms with Crippen LogP contribution in [0.25, 0.3) is 6.08 Å². The molecule has 23 heavy (non-hydrogen) atoms. The Labute approximate surface area is 144 Å². The molecule has 1 heterocycles. The largest absolute Gasteiger partial charge is 0.493 e. The van der Waals surface area contributed by atoms with Crippen molar-refractivity contribution in [1.29, 1.82) is 0 Å². The topological polar surface area (TPSA) is 38.3 Å². The average Bonchev–Trinajstić information content (AvgIpc) is 2.56. The lowest BCUT2D eigenvalue weighted by atomic mass is 10.0. The van der Waals surface area contributed by atoms with Crippen LogP contribution < -0.4 is 10.1 Å². The number of para-hydroxylation sites is 1. The molecule has 1 N–H and O–H groups in total. The van der Waals surface area contributed by atoms with Crippen LogP contribution in [0.4, 0.5) is 0 Å². The summed E-state index contributed by atoms with van der Waals surface area (Å²) in [6.45, 7) is 0.596. The first-order valence-electron chi connectivity index (χ1n) is 7.29. The minimum atomic E-state index is -0.155. The van der Waals surface area contributed by atoms with Crippen molar-refractivity contribution in [2.75, 3.05) is 6.61 Å². The van der Waals surface area contributed by atoms with Gasteiger partial charge in [-0.3, -0.25) is 4.79 Å². The van der Waals surface area contributed by atoms with Gasteiger partial charge in [0.05, 0.1) is 22.7 Å². The third-order valence-corrected chi connectivity index (χ3v) is 4.38. The van der Waals surface area contributed by atoms with E-state index in [0.29, 0.717) is 16.7 Å². The number of benzene rings is 2. The molecule has 0 spiro atoms. The fourth-order valence-corrected chi connectivity index (χ4v) is 2.81. The number of rotatable bonds is 3. The minimum absolute atomic E-state index is 0.0362. The summed E-state index contributed by atoms with van der Waals surface area (Å²) in [7, 11) is 0. The van der Waals surface area contributed by atoms with Crippen LogP contribution in [-0.2, 0) is 4.79 Å². The van der Waals surface area contributed by atoms with Gasteiger partial charge in [-0.1, -0.05) is 47.5 Å². The van der Waals surface area contributed by atoms with E-state index in [4.69, 9.17) is 27.9 Å². The van der Waals surface area contributed by atoms with Crippen molar-refractivity contribution in [2.45, 2.75) is 12.5 Å². The third-order valence-electron chi connectivity index (χ3n) is 3.65. The van der Waals surface area contributed by atoms with Crippen molar-refractivity contribution >= 4 is 35.2 Å². The summed E-state index contributed by atoms with van der Waals surface area (Å²) in [5.41, 5.74) is 1.83. The number of ether oxygens (including phenoxy) is 1. The van der Waals surface area contributed by atoms with Gasteiger partial charge in [-0.2, -0.15) is 0 Å². The maximum Gasteiger partial charge on any atom is 0.244 e. The SMILES string of the molecule is O=C(/C=C/c1ccc(Cl)c(Cl)c1)N[C@H]1CCOc2ccccc21. The van der Waals surface area contributed by atoms with Crippen LogP contribution >= 0.6 is 23.2 Å². The predicted octanol–water partition coefficient (Wildman–Crippen LogP) is 4.65. The van der Waals surface area contributed by atoms with Gasteiger partial charge in [0.1, 0.15) is 5.75 Å². The Kier molecular flexibility index (Phi) is 4.89. The van der Waals surface area contributed by atoms with E-state index in [0.717, 1.165) is 23.3 Å². The van der Waals surface area contributed by atoms with Crippen molar-refractivity contribution in [3.63, 3.8) is 0 Å². The van der Waals surface area contributed by atoms with E-state index in [1.807, 2.05) is 30.3 Å². The van der Waals surface area contributed by atoms with Crippen LogP contribution in [0, 0.1) is 0 Å². The van der Waals surface area contributed by atoms with Crippen LogP contribution in [0.3, 0.4) is 0 Å². The number of carbonyl (C=O) groups excluding carboxylic acids is 1. The first kappa shape index (κ1) is 15.9. The number of fused-ring (bicyclic) bond motifs is 1. The molecule has 0 saturated carbocycles. The molecule has 3 nitrogen and oxygen atoms in total. The lowest BCUT2D eigenvalue weighted by Gasteiger charge is -2.26. The summed E-state index contributed by atoms with van der Waals surface area (Å²) in [4.78, 5) is 12.1. The maximum absolute atomic E-state index is 12.1. The zero-order valence-corrected chi connectivity index (χ0v) is 13.8. The van der Waals surface area contributed by atoms with E-state index in [1.165, 1.54) is 6.08 Å². The Morgan fingerprint density at radius 2 is 2.00 bits per heavy atom. The zero-order valence-electron chi connectivity index (χ0n) is 12.3. The molecular formula is C18H15Cl2NO2. The van der Waals surface area contributed by atoms with Crippen LogP contribution in [-0.4, -0.2) is 12.5 Å². The normalized spacial score (nSPS) is 16.7. The third kappa shape index (κ3) is 3.87. The lowest BCUT2D eigenvalue weighted by Crippen LogP contribution is -2.30. The van der Waals surface area contributed by atoms with Gasteiger partial charge >= 0.3 is 0 Å². The number of halogens is 2. The highest BCUT2D eigenvalue weighted by atomic mass is 35.5. The molecule has 118 valence electrons. The van der Waals surface area contributed by atoms with E-state index in [9.17, 15) is 4.79 Å². The second kappa shape index (κ2) is 7.07. The Balaban J connectivity index is 1.68. The molecule has 0 aliphatic carbocycles. The maximum atomic E-state index is 12.1. The molecular weight excluding hydrogens is 333 g/mol. The van der Waals surface area contributed by atoms with Crippen LogP contribution in [0.1, 0.15) is 23.6 Å². The Hall–Kier alpha value is -1.97. The molecule has 0 radical (unpaired) electrons. The molecule has 0 bridgehead atoms. The van der Waals surface area contributed by atoms with Crippen LogP contribution in [0.15, 0.2) is 48.5 Å². The second-order valence-electron chi connectivity index (χ2n) is 5.24. The second-order valence-corrected chi connectivity index (χ2v) is 6.06. The molecule has 1 aliphatic rings. The van der Waals surface area contributed by atoms with Gasteiger partial charge in [-0.25, -0.2) is 0 Å². The van der Waals surface area contributed by atoms with E-state index < -0.39 is 0 Å². The first-order chi connectivity index (χ1) is 11.1. The number of carbonyl (C=O) groups is 1. The quantitative estimate of drug-likeness (QED) is 0.821. The summed E-state index contributed by atoms with van der Waals surface area (Å²) in [6, 6.07) is 13.0. The number of amides is 1. The van der Waals surface area contributed by atoms with E-state index in [2.05, 4.69) is 5.32 Å². The van der Waals surface area contributed by atoms with Crippen LogP contribution in [0.5, 0.6) is 5.75 Å². The van der Waals surface area contributed by atoms with E-state index in [-0.39, 0.29) is 11.9 Å². The van der Waals surface area contributed by atoms with Gasteiger partial charge < -0.3 is 10.1 Å². The fourth-order valence-electron chi connectivity index (χ4n) is 2.50. The van der Waals surface area contributed by atoms with Gasteiger partial charge in [0.15, 0.2) is 0 Å². The van der Waals surface area contributed by atoms with Crippen LogP contribution in [0.2, 0.25) is 10.0 Å². The summed E-state index contributed by atoms with van der Waals surface area (Å²) < 4.78 is 5.59. The molecule has 5 heteroatoms. The van der Waals surface area contributed by atoms with Crippen molar-refractivity contribution in [1.82, 2.24) is 5.32 Å². The van der Waals surface area contributed by atoms with Gasteiger partial charge in [0, 0.05) is 18.1 Å².